The van der Waals surface area contributed by atoms with Gasteiger partial charge in [-0.2, -0.15) is 0 Å². The number of carbonyl (C=O) groups is 3. The highest BCUT2D eigenvalue weighted by molar-refractivity contribution is 5.91. The van der Waals surface area contributed by atoms with Crippen LogP contribution in [0.4, 0.5) is 0 Å². The van der Waals surface area contributed by atoms with Gasteiger partial charge in [0.2, 0.25) is 11.8 Å². The highest BCUT2D eigenvalue weighted by Crippen LogP contribution is 2.19. The highest BCUT2D eigenvalue weighted by Gasteiger charge is 2.30. The lowest BCUT2D eigenvalue weighted by atomic mass is 10.2. The van der Waals surface area contributed by atoms with Crippen LogP contribution in [0.15, 0.2) is 22.8 Å². The molecule has 1 atom stereocenters. The summed E-state index contributed by atoms with van der Waals surface area (Å²) in [4.78, 5) is 40.1. The van der Waals surface area contributed by atoms with E-state index in [9.17, 15) is 14.4 Å². The Morgan fingerprint density at radius 1 is 1.23 bits per heavy atom. The number of hydrogen-bond donors (Lipinski definition) is 2. The van der Waals surface area contributed by atoms with Crippen LogP contribution in [0.1, 0.15) is 36.7 Å². The molecule has 1 aromatic rings. The molecule has 0 radical (unpaired) electrons. The molecule has 0 bridgehead atoms. The standard InChI is InChI=1S/C18H26N4O4/c1-13(17(24)20-14-4-5-14)21-8-10-22(11-9-21)16(23)6-7-19-18(25)15-3-2-12-26-15/h2-3,12-14H,4-11H2,1H3,(H,19,25)(H,20,24). The van der Waals surface area contributed by atoms with Crippen molar-refractivity contribution >= 4 is 17.7 Å². The summed E-state index contributed by atoms with van der Waals surface area (Å²) < 4.78 is 5.00. The third kappa shape index (κ3) is 4.85. The third-order valence-electron chi connectivity index (χ3n) is 4.89. The molecule has 142 valence electrons. The minimum absolute atomic E-state index is 0.0134. The fourth-order valence-electron chi connectivity index (χ4n) is 3.01. The summed E-state index contributed by atoms with van der Waals surface area (Å²) in [5, 5.41) is 5.70. The third-order valence-corrected chi connectivity index (χ3v) is 4.89. The molecule has 1 aromatic heterocycles. The molecule has 1 aliphatic heterocycles. The molecule has 0 aromatic carbocycles. The maximum atomic E-state index is 12.3. The number of piperazine rings is 1. The quantitative estimate of drug-likeness (QED) is 0.723. The predicted molar refractivity (Wildman–Crippen MR) is 94.4 cm³/mol. The van der Waals surface area contributed by atoms with Crippen molar-refractivity contribution in [1.82, 2.24) is 20.4 Å². The molecule has 8 nitrogen and oxygen atoms in total. The van der Waals surface area contributed by atoms with Gasteiger partial charge in [-0.05, 0) is 31.9 Å². The summed E-state index contributed by atoms with van der Waals surface area (Å²) in [6, 6.07) is 3.42. The summed E-state index contributed by atoms with van der Waals surface area (Å²) in [6.07, 6.45) is 3.85. The first-order valence-corrected chi connectivity index (χ1v) is 9.18. The van der Waals surface area contributed by atoms with Crippen molar-refractivity contribution in [3.05, 3.63) is 24.2 Å². The molecule has 0 spiro atoms. The number of amides is 3. The molecule has 26 heavy (non-hydrogen) atoms. The van der Waals surface area contributed by atoms with Crippen molar-refractivity contribution in [3.8, 4) is 0 Å². The van der Waals surface area contributed by atoms with E-state index in [2.05, 4.69) is 15.5 Å². The molecule has 1 saturated carbocycles. The van der Waals surface area contributed by atoms with Gasteiger partial charge in [0.15, 0.2) is 5.76 Å². The maximum absolute atomic E-state index is 12.3. The van der Waals surface area contributed by atoms with E-state index >= 15 is 0 Å². The molecule has 8 heteroatoms. The van der Waals surface area contributed by atoms with Crippen LogP contribution in [0.5, 0.6) is 0 Å². The molecule has 2 fully saturated rings. The Hall–Kier alpha value is -2.35. The van der Waals surface area contributed by atoms with Crippen LogP contribution >= 0.6 is 0 Å². The normalized spacial score (nSPS) is 19.0. The molecule has 2 heterocycles. The summed E-state index contributed by atoms with van der Waals surface area (Å²) in [5.41, 5.74) is 0. The van der Waals surface area contributed by atoms with Gasteiger partial charge in [-0.1, -0.05) is 0 Å². The van der Waals surface area contributed by atoms with E-state index < -0.39 is 0 Å². The number of hydrogen-bond acceptors (Lipinski definition) is 5. The van der Waals surface area contributed by atoms with Gasteiger partial charge in [0.05, 0.1) is 12.3 Å². The van der Waals surface area contributed by atoms with E-state index in [-0.39, 0.29) is 42.5 Å². The molecular weight excluding hydrogens is 336 g/mol. The summed E-state index contributed by atoms with van der Waals surface area (Å²) in [7, 11) is 0. The summed E-state index contributed by atoms with van der Waals surface area (Å²) >= 11 is 0. The zero-order chi connectivity index (χ0) is 18.5. The molecular formula is C18H26N4O4. The number of rotatable bonds is 7. The number of nitrogens with zero attached hydrogens (tertiary/aromatic N) is 2. The maximum Gasteiger partial charge on any atom is 0.286 e. The lowest BCUT2D eigenvalue weighted by molar-refractivity contribution is -0.134. The molecule has 3 amide bonds. The van der Waals surface area contributed by atoms with E-state index in [1.807, 2.05) is 6.92 Å². The van der Waals surface area contributed by atoms with Crippen molar-refractivity contribution < 1.29 is 18.8 Å². The lowest BCUT2D eigenvalue weighted by Crippen LogP contribution is -2.55. The predicted octanol–water partition coefficient (Wildman–Crippen LogP) is 0.211. The van der Waals surface area contributed by atoms with Gasteiger partial charge < -0.3 is 20.0 Å². The first-order chi connectivity index (χ1) is 12.5. The van der Waals surface area contributed by atoms with Crippen molar-refractivity contribution in [2.24, 2.45) is 0 Å². The Balaban J connectivity index is 1.35. The van der Waals surface area contributed by atoms with Crippen LogP contribution in [-0.2, 0) is 9.59 Å². The Morgan fingerprint density at radius 2 is 1.96 bits per heavy atom. The first-order valence-electron chi connectivity index (χ1n) is 9.18. The molecule has 3 rings (SSSR count). The van der Waals surface area contributed by atoms with E-state index in [1.165, 1.54) is 6.26 Å². The zero-order valence-electron chi connectivity index (χ0n) is 15.1. The van der Waals surface area contributed by atoms with Gasteiger partial charge in [-0.15, -0.1) is 0 Å². The van der Waals surface area contributed by atoms with E-state index in [0.717, 1.165) is 12.8 Å². The SMILES string of the molecule is CC(C(=O)NC1CC1)N1CCN(C(=O)CCNC(=O)c2ccco2)CC1. The molecule has 1 aliphatic carbocycles. The largest absolute Gasteiger partial charge is 0.459 e. The topological polar surface area (TPSA) is 94.9 Å². The Morgan fingerprint density at radius 3 is 2.58 bits per heavy atom. The van der Waals surface area contributed by atoms with E-state index in [1.54, 1.807) is 17.0 Å². The van der Waals surface area contributed by atoms with Crippen LogP contribution in [0.3, 0.4) is 0 Å². The second-order valence-corrected chi connectivity index (χ2v) is 6.86. The Kier molecular flexibility index (Phi) is 5.92. The fraction of sp³-hybridized carbons (Fsp3) is 0.611. The first kappa shape index (κ1) is 18.4. The fourth-order valence-corrected chi connectivity index (χ4v) is 3.01. The summed E-state index contributed by atoms with van der Waals surface area (Å²) in [6.45, 7) is 4.77. The van der Waals surface area contributed by atoms with Crippen LogP contribution in [0.2, 0.25) is 0 Å². The average molecular weight is 362 g/mol. The molecule has 1 unspecified atom stereocenters. The van der Waals surface area contributed by atoms with Crippen molar-refractivity contribution in [2.75, 3.05) is 32.7 Å². The van der Waals surface area contributed by atoms with Crippen LogP contribution in [0, 0.1) is 0 Å². The second-order valence-electron chi connectivity index (χ2n) is 6.86. The van der Waals surface area contributed by atoms with Crippen molar-refractivity contribution in [2.45, 2.75) is 38.3 Å². The van der Waals surface area contributed by atoms with Crippen molar-refractivity contribution in [1.29, 1.82) is 0 Å². The van der Waals surface area contributed by atoms with Gasteiger partial charge >= 0.3 is 0 Å². The van der Waals surface area contributed by atoms with E-state index in [4.69, 9.17) is 4.42 Å². The monoisotopic (exact) mass is 362 g/mol. The van der Waals surface area contributed by atoms with Gasteiger partial charge in [-0.3, -0.25) is 19.3 Å². The number of carbonyl (C=O) groups excluding carboxylic acids is 3. The van der Waals surface area contributed by atoms with E-state index in [0.29, 0.717) is 32.2 Å². The highest BCUT2D eigenvalue weighted by atomic mass is 16.3. The molecule has 2 N–H and O–H groups in total. The zero-order valence-corrected chi connectivity index (χ0v) is 15.1. The Bertz CT molecular complexity index is 634. The molecule has 1 saturated heterocycles. The lowest BCUT2D eigenvalue weighted by Gasteiger charge is -2.37. The van der Waals surface area contributed by atoms with Gasteiger partial charge in [-0.25, -0.2) is 0 Å². The van der Waals surface area contributed by atoms with Gasteiger partial charge in [0.25, 0.3) is 5.91 Å². The number of nitrogens with one attached hydrogen (secondary N) is 2. The average Bonchev–Trinajstić information content (AvgIpc) is 3.29. The van der Waals surface area contributed by atoms with Crippen molar-refractivity contribution in [3.63, 3.8) is 0 Å². The van der Waals surface area contributed by atoms with Gasteiger partial charge in [0, 0.05) is 45.2 Å². The Labute approximate surface area is 152 Å². The second kappa shape index (κ2) is 8.35. The minimum atomic E-state index is -0.317. The molecule has 2 aliphatic rings. The van der Waals surface area contributed by atoms with Crippen LogP contribution in [-0.4, -0.2) is 72.3 Å². The van der Waals surface area contributed by atoms with Gasteiger partial charge in [0.1, 0.15) is 0 Å². The number of furan rings is 1. The van der Waals surface area contributed by atoms with Crippen LogP contribution < -0.4 is 10.6 Å². The van der Waals surface area contributed by atoms with Crippen LogP contribution in [0.25, 0.3) is 0 Å². The summed E-state index contributed by atoms with van der Waals surface area (Å²) in [5.74, 6) is 0.0139. The minimum Gasteiger partial charge on any atom is -0.459 e. The smallest absolute Gasteiger partial charge is 0.286 e.